The van der Waals surface area contributed by atoms with Crippen molar-refractivity contribution in [3.63, 3.8) is 0 Å². The van der Waals surface area contributed by atoms with E-state index in [2.05, 4.69) is 15.9 Å². The van der Waals surface area contributed by atoms with Crippen LogP contribution < -0.4 is 4.74 Å². The van der Waals surface area contributed by atoms with E-state index in [0.29, 0.717) is 10.2 Å². The monoisotopic (exact) mass is 248 g/mol. The van der Waals surface area contributed by atoms with Crippen molar-refractivity contribution >= 4 is 15.9 Å². The van der Waals surface area contributed by atoms with E-state index in [0.717, 1.165) is 0 Å². The molecule has 0 bridgehead atoms. The highest BCUT2D eigenvalue weighted by molar-refractivity contribution is 9.10. The van der Waals surface area contributed by atoms with Gasteiger partial charge in [0.2, 0.25) is 0 Å². The molecule has 1 atom stereocenters. The van der Waals surface area contributed by atoms with Crippen LogP contribution in [0.5, 0.6) is 5.75 Å². The molecule has 0 aliphatic carbocycles. The van der Waals surface area contributed by atoms with Gasteiger partial charge in [-0.2, -0.15) is 0 Å². The van der Waals surface area contributed by atoms with Gasteiger partial charge in [0.25, 0.3) is 0 Å². The van der Waals surface area contributed by atoms with Crippen molar-refractivity contribution in [1.29, 1.82) is 0 Å². The van der Waals surface area contributed by atoms with Crippen molar-refractivity contribution in [2.75, 3.05) is 7.11 Å². The molecular formula is C9H10BrFO2. The number of ether oxygens (including phenoxy) is 1. The molecule has 0 spiro atoms. The second-order valence-electron chi connectivity index (χ2n) is 2.68. The summed E-state index contributed by atoms with van der Waals surface area (Å²) >= 11 is 3.21. The maximum absolute atomic E-state index is 13.2. The number of benzene rings is 1. The van der Waals surface area contributed by atoms with Gasteiger partial charge in [0, 0.05) is 11.6 Å². The topological polar surface area (TPSA) is 29.5 Å². The van der Waals surface area contributed by atoms with Gasteiger partial charge >= 0.3 is 0 Å². The summed E-state index contributed by atoms with van der Waals surface area (Å²) in [4.78, 5) is 0. The minimum absolute atomic E-state index is 0.257. The van der Waals surface area contributed by atoms with Gasteiger partial charge in [0.05, 0.1) is 17.7 Å². The lowest BCUT2D eigenvalue weighted by Crippen LogP contribution is -1.97. The predicted octanol–water partition coefficient (Wildman–Crippen LogP) is 2.65. The lowest BCUT2D eigenvalue weighted by molar-refractivity contribution is 0.194. The zero-order chi connectivity index (χ0) is 10.0. The van der Waals surface area contributed by atoms with E-state index in [1.54, 1.807) is 0 Å². The number of hydrogen-bond donors (Lipinski definition) is 1. The summed E-state index contributed by atoms with van der Waals surface area (Å²) < 4.78 is 18.7. The number of hydrogen-bond acceptors (Lipinski definition) is 2. The van der Waals surface area contributed by atoms with Crippen LogP contribution >= 0.6 is 15.9 Å². The maximum atomic E-state index is 13.2. The zero-order valence-electron chi connectivity index (χ0n) is 7.34. The fourth-order valence-corrected chi connectivity index (χ4v) is 1.54. The third-order valence-corrected chi connectivity index (χ3v) is 2.34. The van der Waals surface area contributed by atoms with Gasteiger partial charge in [-0.25, -0.2) is 4.39 Å². The van der Waals surface area contributed by atoms with E-state index >= 15 is 0 Å². The molecule has 0 radical (unpaired) electrons. The highest BCUT2D eigenvalue weighted by Gasteiger charge is 2.12. The minimum atomic E-state index is -0.817. The Bertz CT molecular complexity index is 313. The molecule has 13 heavy (non-hydrogen) atoms. The van der Waals surface area contributed by atoms with Gasteiger partial charge in [-0.1, -0.05) is 0 Å². The molecule has 0 aliphatic heterocycles. The average molecular weight is 249 g/mol. The van der Waals surface area contributed by atoms with Crippen LogP contribution in [0.3, 0.4) is 0 Å². The van der Waals surface area contributed by atoms with Crippen LogP contribution in [-0.4, -0.2) is 12.2 Å². The van der Waals surface area contributed by atoms with Crippen molar-refractivity contribution in [3.8, 4) is 5.75 Å². The van der Waals surface area contributed by atoms with Gasteiger partial charge in [-0.15, -0.1) is 0 Å². The summed E-state index contributed by atoms with van der Waals surface area (Å²) in [5, 5.41) is 9.19. The Morgan fingerprint density at radius 1 is 1.54 bits per heavy atom. The Balaban J connectivity index is 3.20. The number of aliphatic hydroxyl groups is 1. The van der Waals surface area contributed by atoms with Crippen LogP contribution in [0.25, 0.3) is 0 Å². The molecule has 0 aromatic heterocycles. The molecule has 1 aromatic carbocycles. The van der Waals surface area contributed by atoms with Crippen LogP contribution in [0.2, 0.25) is 0 Å². The third kappa shape index (κ3) is 2.19. The lowest BCUT2D eigenvalue weighted by Gasteiger charge is -2.09. The number of methoxy groups -OCH3 is 1. The Hall–Kier alpha value is -0.610. The third-order valence-electron chi connectivity index (χ3n) is 1.72. The molecule has 0 fully saturated rings. The lowest BCUT2D eigenvalue weighted by atomic mass is 10.1. The highest BCUT2D eigenvalue weighted by Crippen LogP contribution is 2.30. The fourth-order valence-electron chi connectivity index (χ4n) is 1.02. The summed E-state index contributed by atoms with van der Waals surface area (Å²) in [5.74, 6) is -0.0445. The Morgan fingerprint density at radius 3 is 2.62 bits per heavy atom. The summed E-state index contributed by atoms with van der Waals surface area (Å²) in [7, 11) is 1.46. The van der Waals surface area contributed by atoms with Crippen LogP contribution in [0.15, 0.2) is 16.6 Å². The first-order valence-electron chi connectivity index (χ1n) is 3.77. The largest absolute Gasteiger partial charge is 0.495 e. The summed E-state index contributed by atoms with van der Waals surface area (Å²) in [5.41, 5.74) is 0.257. The van der Waals surface area contributed by atoms with Gasteiger partial charge < -0.3 is 9.84 Å². The van der Waals surface area contributed by atoms with E-state index in [9.17, 15) is 9.50 Å². The normalized spacial score (nSPS) is 12.7. The molecular weight excluding hydrogens is 239 g/mol. The molecule has 72 valence electrons. The standard InChI is InChI=1S/C9H10BrFO2/c1-5(12)6-3-7(10)9(13-2)4-8(6)11/h3-5,12H,1-2H3. The van der Waals surface area contributed by atoms with Crippen molar-refractivity contribution in [1.82, 2.24) is 0 Å². The van der Waals surface area contributed by atoms with Gasteiger partial charge in [0.1, 0.15) is 11.6 Å². The zero-order valence-corrected chi connectivity index (χ0v) is 8.93. The summed E-state index contributed by atoms with van der Waals surface area (Å²) in [6.45, 7) is 1.51. The van der Waals surface area contributed by atoms with E-state index in [1.807, 2.05) is 0 Å². The first-order valence-corrected chi connectivity index (χ1v) is 4.56. The molecule has 0 heterocycles. The molecule has 0 saturated carbocycles. The molecule has 0 aliphatic rings. The second-order valence-corrected chi connectivity index (χ2v) is 3.54. The number of halogens is 2. The molecule has 1 unspecified atom stereocenters. The molecule has 0 amide bonds. The first-order chi connectivity index (χ1) is 6.06. The van der Waals surface area contributed by atoms with Crippen LogP contribution in [0, 0.1) is 5.82 Å². The van der Waals surface area contributed by atoms with Gasteiger partial charge in [-0.05, 0) is 28.9 Å². The van der Waals surface area contributed by atoms with E-state index < -0.39 is 11.9 Å². The second kappa shape index (κ2) is 4.07. The Labute approximate surface area is 84.5 Å². The van der Waals surface area contributed by atoms with E-state index in [1.165, 1.54) is 26.2 Å². The van der Waals surface area contributed by atoms with Crippen molar-refractivity contribution in [2.45, 2.75) is 13.0 Å². The minimum Gasteiger partial charge on any atom is -0.495 e. The van der Waals surface area contributed by atoms with Crippen molar-refractivity contribution in [3.05, 3.63) is 28.0 Å². The van der Waals surface area contributed by atoms with Crippen LogP contribution in [-0.2, 0) is 0 Å². The Morgan fingerprint density at radius 2 is 2.15 bits per heavy atom. The van der Waals surface area contributed by atoms with Crippen LogP contribution in [0.4, 0.5) is 4.39 Å². The average Bonchev–Trinajstić information content (AvgIpc) is 2.07. The summed E-state index contributed by atoms with van der Waals surface area (Å²) in [6.07, 6.45) is -0.817. The van der Waals surface area contributed by atoms with Crippen molar-refractivity contribution in [2.24, 2.45) is 0 Å². The quantitative estimate of drug-likeness (QED) is 0.873. The SMILES string of the molecule is COc1cc(F)c(C(C)O)cc1Br. The van der Waals surface area contributed by atoms with E-state index in [4.69, 9.17) is 4.74 Å². The highest BCUT2D eigenvalue weighted by atomic mass is 79.9. The smallest absolute Gasteiger partial charge is 0.135 e. The Kier molecular flexibility index (Phi) is 3.27. The number of rotatable bonds is 2. The molecule has 1 rings (SSSR count). The molecule has 4 heteroatoms. The molecule has 2 nitrogen and oxygen atoms in total. The first kappa shape index (κ1) is 10.5. The molecule has 0 saturated heterocycles. The van der Waals surface area contributed by atoms with Crippen molar-refractivity contribution < 1.29 is 14.2 Å². The van der Waals surface area contributed by atoms with Gasteiger partial charge in [-0.3, -0.25) is 0 Å². The fraction of sp³-hybridized carbons (Fsp3) is 0.333. The van der Waals surface area contributed by atoms with E-state index in [-0.39, 0.29) is 5.56 Å². The summed E-state index contributed by atoms with van der Waals surface area (Å²) in [6, 6.07) is 2.75. The molecule has 1 N–H and O–H groups in total. The van der Waals surface area contributed by atoms with Crippen LogP contribution in [0.1, 0.15) is 18.6 Å². The van der Waals surface area contributed by atoms with Gasteiger partial charge in [0.15, 0.2) is 0 Å². The number of aliphatic hydroxyl groups excluding tert-OH is 1. The maximum Gasteiger partial charge on any atom is 0.135 e. The molecule has 1 aromatic rings. The predicted molar refractivity (Wildman–Crippen MR) is 51.3 cm³/mol.